The topological polar surface area (TPSA) is 74.8 Å². The molecule has 6 heteroatoms. The predicted molar refractivity (Wildman–Crippen MR) is 78.7 cm³/mol. The van der Waals surface area contributed by atoms with Gasteiger partial charge in [-0.15, -0.1) is 0 Å². The van der Waals surface area contributed by atoms with Crippen LogP contribution in [0, 0.1) is 5.82 Å². The van der Waals surface area contributed by atoms with Crippen molar-refractivity contribution in [1.29, 1.82) is 0 Å². The first-order valence-corrected chi connectivity index (χ1v) is 7.14. The van der Waals surface area contributed by atoms with E-state index >= 15 is 0 Å². The Morgan fingerprint density at radius 1 is 1.36 bits per heavy atom. The van der Waals surface area contributed by atoms with Crippen molar-refractivity contribution < 1.29 is 9.18 Å². The average Bonchev–Trinajstić information content (AvgIpc) is 3.29. The van der Waals surface area contributed by atoms with Crippen molar-refractivity contribution in [1.82, 2.24) is 15.3 Å². The Morgan fingerprint density at radius 2 is 2.09 bits per heavy atom. The fraction of sp³-hybridized carbons (Fsp3) is 0.312. The molecule has 0 radical (unpaired) electrons. The number of benzene rings is 1. The zero-order chi connectivity index (χ0) is 15.7. The summed E-state index contributed by atoms with van der Waals surface area (Å²) in [4.78, 5) is 30.5. The van der Waals surface area contributed by atoms with E-state index in [2.05, 4.69) is 15.3 Å². The highest BCUT2D eigenvalue weighted by molar-refractivity contribution is 5.91. The molecule has 5 nitrogen and oxygen atoms in total. The molecule has 1 saturated carbocycles. The van der Waals surface area contributed by atoms with Gasteiger partial charge in [0.25, 0.3) is 5.56 Å². The van der Waals surface area contributed by atoms with Gasteiger partial charge in [0.2, 0.25) is 5.91 Å². The maximum Gasteiger partial charge on any atom is 0.250 e. The van der Waals surface area contributed by atoms with Crippen LogP contribution < -0.4 is 10.9 Å². The van der Waals surface area contributed by atoms with Crippen LogP contribution in [0.4, 0.5) is 4.39 Å². The van der Waals surface area contributed by atoms with Gasteiger partial charge in [0, 0.05) is 17.8 Å². The fourth-order valence-corrected chi connectivity index (χ4v) is 2.60. The van der Waals surface area contributed by atoms with Gasteiger partial charge < -0.3 is 10.3 Å². The molecular weight excluding hydrogens is 285 g/mol. The van der Waals surface area contributed by atoms with Crippen molar-refractivity contribution in [2.45, 2.75) is 31.2 Å². The number of H-pyrrole nitrogens is 1. The number of hydrogen-bond acceptors (Lipinski definition) is 3. The van der Waals surface area contributed by atoms with E-state index in [1.807, 2.05) is 0 Å². The molecule has 3 rings (SSSR count). The SMILES string of the molecule is CC(NC(=O)C1(c2ccccc2F)CC1)c1nccc(=O)[nH]1. The number of halogens is 1. The normalized spacial score (nSPS) is 16.8. The summed E-state index contributed by atoms with van der Waals surface area (Å²) in [5.74, 6) is -0.226. The first kappa shape index (κ1) is 14.4. The second kappa shape index (κ2) is 5.36. The summed E-state index contributed by atoms with van der Waals surface area (Å²) in [7, 11) is 0. The van der Waals surface area contributed by atoms with Gasteiger partial charge in [-0.1, -0.05) is 18.2 Å². The Balaban J connectivity index is 1.80. The van der Waals surface area contributed by atoms with E-state index in [1.54, 1.807) is 25.1 Å². The Hall–Kier alpha value is -2.50. The Morgan fingerprint density at radius 3 is 2.73 bits per heavy atom. The number of aromatic nitrogens is 2. The first-order valence-electron chi connectivity index (χ1n) is 7.14. The molecule has 2 aromatic rings. The molecule has 114 valence electrons. The number of carbonyl (C=O) groups excluding carboxylic acids is 1. The van der Waals surface area contributed by atoms with Crippen molar-refractivity contribution >= 4 is 5.91 Å². The molecule has 1 atom stereocenters. The van der Waals surface area contributed by atoms with Gasteiger partial charge >= 0.3 is 0 Å². The number of nitrogens with one attached hydrogen (secondary N) is 2. The average molecular weight is 301 g/mol. The minimum Gasteiger partial charge on any atom is -0.346 e. The lowest BCUT2D eigenvalue weighted by Crippen LogP contribution is -2.37. The molecule has 1 aliphatic rings. The van der Waals surface area contributed by atoms with E-state index in [0.717, 1.165) is 0 Å². The summed E-state index contributed by atoms with van der Waals surface area (Å²) in [5, 5.41) is 2.81. The number of amides is 1. The molecule has 0 bridgehead atoms. The monoisotopic (exact) mass is 301 g/mol. The van der Waals surface area contributed by atoms with Crippen LogP contribution in [0.15, 0.2) is 41.3 Å². The van der Waals surface area contributed by atoms with Crippen LogP contribution in [-0.2, 0) is 10.2 Å². The number of hydrogen-bond donors (Lipinski definition) is 2. The Labute approximate surface area is 126 Å². The van der Waals surface area contributed by atoms with Crippen molar-refractivity contribution in [3.8, 4) is 0 Å². The molecule has 22 heavy (non-hydrogen) atoms. The highest BCUT2D eigenvalue weighted by atomic mass is 19.1. The molecule has 2 N–H and O–H groups in total. The van der Waals surface area contributed by atoms with E-state index in [9.17, 15) is 14.0 Å². The zero-order valence-electron chi connectivity index (χ0n) is 12.1. The molecule has 1 aromatic carbocycles. The summed E-state index contributed by atoms with van der Waals surface area (Å²) in [6, 6.07) is 7.20. The minimum absolute atomic E-state index is 0.239. The lowest BCUT2D eigenvalue weighted by Gasteiger charge is -2.19. The number of rotatable bonds is 4. The number of aromatic amines is 1. The van der Waals surface area contributed by atoms with Crippen molar-refractivity contribution in [3.05, 3.63) is 64.1 Å². The lowest BCUT2D eigenvalue weighted by atomic mass is 9.94. The molecule has 0 saturated heterocycles. The van der Waals surface area contributed by atoms with Crippen molar-refractivity contribution in [2.24, 2.45) is 0 Å². The van der Waals surface area contributed by atoms with Gasteiger partial charge in [0.1, 0.15) is 11.6 Å². The van der Waals surface area contributed by atoms with Crippen LogP contribution in [-0.4, -0.2) is 15.9 Å². The third kappa shape index (κ3) is 2.52. The second-order valence-electron chi connectivity index (χ2n) is 5.58. The molecule has 0 aliphatic heterocycles. The minimum atomic E-state index is -0.797. The van der Waals surface area contributed by atoms with E-state index < -0.39 is 11.5 Å². The maximum absolute atomic E-state index is 14.0. The lowest BCUT2D eigenvalue weighted by molar-refractivity contribution is -0.124. The van der Waals surface area contributed by atoms with Gasteiger partial charge in [-0.25, -0.2) is 9.37 Å². The van der Waals surface area contributed by atoms with Crippen LogP contribution in [0.3, 0.4) is 0 Å². The quantitative estimate of drug-likeness (QED) is 0.904. The molecule has 1 aromatic heterocycles. The largest absolute Gasteiger partial charge is 0.346 e. The van der Waals surface area contributed by atoms with Crippen LogP contribution in [0.1, 0.15) is 37.2 Å². The van der Waals surface area contributed by atoms with Crippen LogP contribution in [0.25, 0.3) is 0 Å². The van der Waals surface area contributed by atoms with E-state index in [4.69, 9.17) is 0 Å². The highest BCUT2D eigenvalue weighted by Crippen LogP contribution is 2.49. The number of nitrogens with zero attached hydrogens (tertiary/aromatic N) is 1. The summed E-state index contributed by atoms with van der Waals surface area (Å²) < 4.78 is 14.0. The van der Waals surface area contributed by atoms with Crippen LogP contribution in [0.2, 0.25) is 0 Å². The summed E-state index contributed by atoms with van der Waals surface area (Å²) >= 11 is 0. The van der Waals surface area contributed by atoms with E-state index in [1.165, 1.54) is 18.3 Å². The summed E-state index contributed by atoms with van der Waals surface area (Å²) in [5.41, 5.74) is -0.648. The predicted octanol–water partition coefficient (Wildman–Crippen LogP) is 1.82. The third-order valence-electron chi connectivity index (χ3n) is 4.02. The maximum atomic E-state index is 14.0. The van der Waals surface area contributed by atoms with Crippen LogP contribution >= 0.6 is 0 Å². The van der Waals surface area contributed by atoms with E-state index in [-0.39, 0.29) is 17.3 Å². The Bertz CT molecular complexity index is 768. The molecule has 1 aliphatic carbocycles. The van der Waals surface area contributed by atoms with Gasteiger partial charge in [-0.3, -0.25) is 9.59 Å². The molecule has 1 unspecified atom stereocenters. The van der Waals surface area contributed by atoms with Gasteiger partial charge in [0.15, 0.2) is 0 Å². The third-order valence-corrected chi connectivity index (χ3v) is 4.02. The van der Waals surface area contributed by atoms with E-state index in [0.29, 0.717) is 24.2 Å². The number of carbonyl (C=O) groups is 1. The fourth-order valence-electron chi connectivity index (χ4n) is 2.60. The molecule has 1 amide bonds. The van der Waals surface area contributed by atoms with Crippen LogP contribution in [0.5, 0.6) is 0 Å². The van der Waals surface area contributed by atoms with Gasteiger partial charge in [-0.2, -0.15) is 0 Å². The van der Waals surface area contributed by atoms with Crippen molar-refractivity contribution in [2.75, 3.05) is 0 Å². The second-order valence-corrected chi connectivity index (χ2v) is 5.58. The van der Waals surface area contributed by atoms with Gasteiger partial charge in [-0.05, 0) is 25.8 Å². The molecular formula is C16H16FN3O2. The summed E-state index contributed by atoms with van der Waals surface area (Å²) in [6.45, 7) is 1.73. The van der Waals surface area contributed by atoms with Crippen molar-refractivity contribution in [3.63, 3.8) is 0 Å². The smallest absolute Gasteiger partial charge is 0.250 e. The molecule has 1 heterocycles. The highest BCUT2D eigenvalue weighted by Gasteiger charge is 2.52. The molecule has 0 spiro atoms. The standard InChI is InChI=1S/C16H16FN3O2/c1-10(14-18-9-6-13(21)20-14)19-15(22)16(7-8-16)11-4-2-3-5-12(11)17/h2-6,9-10H,7-8H2,1H3,(H,19,22)(H,18,20,21). The molecule has 1 fully saturated rings. The summed E-state index contributed by atoms with van der Waals surface area (Å²) in [6.07, 6.45) is 2.62. The Kier molecular flexibility index (Phi) is 3.52. The van der Waals surface area contributed by atoms with Gasteiger partial charge in [0.05, 0.1) is 11.5 Å². The zero-order valence-corrected chi connectivity index (χ0v) is 12.1. The first-order chi connectivity index (χ1) is 10.5.